The zero-order valence-electron chi connectivity index (χ0n) is 13.1. The van der Waals surface area contributed by atoms with Gasteiger partial charge in [0, 0.05) is 25.0 Å². The lowest BCUT2D eigenvalue weighted by Crippen LogP contribution is -2.38. The molecule has 0 heterocycles. The van der Waals surface area contributed by atoms with E-state index in [9.17, 15) is 4.79 Å². The van der Waals surface area contributed by atoms with Crippen molar-refractivity contribution in [3.63, 3.8) is 0 Å². The van der Waals surface area contributed by atoms with E-state index in [2.05, 4.69) is 22.3 Å². The van der Waals surface area contributed by atoms with Crippen molar-refractivity contribution in [3.8, 4) is 0 Å². The van der Waals surface area contributed by atoms with Crippen molar-refractivity contribution in [1.29, 1.82) is 0 Å². The third-order valence-corrected chi connectivity index (χ3v) is 3.16. The Bertz CT molecular complexity index is 425. The lowest BCUT2D eigenvalue weighted by Gasteiger charge is -2.16. The highest BCUT2D eigenvalue weighted by atomic mass is 35.5. The molecule has 122 valence electrons. The number of carbonyl (C=O) groups excluding carboxylic acids is 1. The highest BCUT2D eigenvalue weighted by molar-refractivity contribution is 5.85. The van der Waals surface area contributed by atoms with Crippen molar-refractivity contribution in [3.05, 3.63) is 35.4 Å². The van der Waals surface area contributed by atoms with E-state index in [4.69, 9.17) is 5.73 Å². The standard InChI is InChI=1S/C15H25N3O.2ClH/c1-11(12(2)16)15(19)17-9-13-6-5-7-14(8-13)10-18(3)4;;/h5-8,11-12H,9-10,16H2,1-4H3,(H,17,19);2*1H. The topological polar surface area (TPSA) is 58.4 Å². The van der Waals surface area contributed by atoms with Crippen molar-refractivity contribution in [2.45, 2.75) is 33.0 Å². The van der Waals surface area contributed by atoms with Gasteiger partial charge in [0.25, 0.3) is 0 Å². The highest BCUT2D eigenvalue weighted by Gasteiger charge is 2.16. The third-order valence-electron chi connectivity index (χ3n) is 3.16. The fraction of sp³-hybridized carbons (Fsp3) is 0.533. The Labute approximate surface area is 140 Å². The summed E-state index contributed by atoms with van der Waals surface area (Å²) < 4.78 is 0. The van der Waals surface area contributed by atoms with Gasteiger partial charge in [-0.2, -0.15) is 0 Å². The summed E-state index contributed by atoms with van der Waals surface area (Å²) in [5, 5.41) is 2.93. The van der Waals surface area contributed by atoms with E-state index in [0.29, 0.717) is 6.54 Å². The molecule has 3 N–H and O–H groups in total. The fourth-order valence-corrected chi connectivity index (χ4v) is 1.79. The van der Waals surface area contributed by atoms with Gasteiger partial charge in [-0.1, -0.05) is 31.2 Å². The van der Waals surface area contributed by atoms with Gasteiger partial charge < -0.3 is 16.0 Å². The van der Waals surface area contributed by atoms with Gasteiger partial charge in [0.1, 0.15) is 0 Å². The predicted molar refractivity (Wildman–Crippen MR) is 93.0 cm³/mol. The molecule has 0 aliphatic carbocycles. The zero-order chi connectivity index (χ0) is 14.4. The Morgan fingerprint density at radius 2 is 1.81 bits per heavy atom. The second kappa shape index (κ2) is 10.9. The molecule has 2 unspecified atom stereocenters. The van der Waals surface area contributed by atoms with Gasteiger partial charge in [0.05, 0.1) is 0 Å². The van der Waals surface area contributed by atoms with Crippen LogP contribution in [-0.4, -0.2) is 30.9 Å². The molecule has 2 atom stereocenters. The Morgan fingerprint density at radius 1 is 1.24 bits per heavy atom. The number of nitrogens with zero attached hydrogens (tertiary/aromatic N) is 1. The molecule has 4 nitrogen and oxygen atoms in total. The van der Waals surface area contributed by atoms with Crippen LogP contribution in [0.2, 0.25) is 0 Å². The van der Waals surface area contributed by atoms with Crippen LogP contribution in [0.3, 0.4) is 0 Å². The number of hydrogen-bond acceptors (Lipinski definition) is 3. The average molecular weight is 336 g/mol. The van der Waals surface area contributed by atoms with Crippen molar-refractivity contribution in [2.75, 3.05) is 14.1 Å². The van der Waals surface area contributed by atoms with E-state index in [1.807, 2.05) is 40.1 Å². The maximum Gasteiger partial charge on any atom is 0.224 e. The number of carbonyl (C=O) groups is 1. The van der Waals surface area contributed by atoms with Gasteiger partial charge in [-0.3, -0.25) is 4.79 Å². The molecule has 0 aliphatic heterocycles. The van der Waals surface area contributed by atoms with Crippen LogP contribution in [0.15, 0.2) is 24.3 Å². The van der Waals surface area contributed by atoms with Gasteiger partial charge in [0.2, 0.25) is 5.91 Å². The Balaban J connectivity index is 0. The number of halogens is 2. The number of benzene rings is 1. The summed E-state index contributed by atoms with van der Waals surface area (Å²) in [6.45, 7) is 5.15. The lowest BCUT2D eigenvalue weighted by molar-refractivity contribution is -0.125. The molecule has 0 aromatic heterocycles. The molecule has 0 radical (unpaired) electrons. The van der Waals surface area contributed by atoms with E-state index in [1.54, 1.807) is 0 Å². The second-order valence-electron chi connectivity index (χ2n) is 5.42. The molecular weight excluding hydrogens is 309 g/mol. The molecule has 1 aromatic rings. The Morgan fingerprint density at radius 3 is 2.33 bits per heavy atom. The second-order valence-corrected chi connectivity index (χ2v) is 5.42. The van der Waals surface area contributed by atoms with Crippen LogP contribution in [0.25, 0.3) is 0 Å². The number of nitrogens with one attached hydrogen (secondary N) is 1. The largest absolute Gasteiger partial charge is 0.352 e. The number of rotatable bonds is 6. The zero-order valence-corrected chi connectivity index (χ0v) is 14.8. The SMILES string of the molecule is CC(N)C(C)C(=O)NCc1cccc(CN(C)C)c1.Cl.Cl. The monoisotopic (exact) mass is 335 g/mol. The van der Waals surface area contributed by atoms with Crippen LogP contribution in [0, 0.1) is 5.92 Å². The summed E-state index contributed by atoms with van der Waals surface area (Å²) in [6, 6.07) is 8.14. The molecule has 1 aromatic carbocycles. The smallest absolute Gasteiger partial charge is 0.224 e. The minimum Gasteiger partial charge on any atom is -0.352 e. The van der Waals surface area contributed by atoms with Crippen LogP contribution in [0.1, 0.15) is 25.0 Å². The fourth-order valence-electron chi connectivity index (χ4n) is 1.79. The normalized spacial score (nSPS) is 12.9. The molecule has 6 heteroatoms. The van der Waals surface area contributed by atoms with E-state index < -0.39 is 0 Å². The summed E-state index contributed by atoms with van der Waals surface area (Å²) in [4.78, 5) is 13.9. The van der Waals surface area contributed by atoms with Gasteiger partial charge in [-0.15, -0.1) is 24.8 Å². The van der Waals surface area contributed by atoms with Crippen molar-refractivity contribution >= 4 is 30.7 Å². The van der Waals surface area contributed by atoms with E-state index in [-0.39, 0.29) is 42.7 Å². The first-order chi connectivity index (χ1) is 8.90. The van der Waals surface area contributed by atoms with Gasteiger partial charge in [0.15, 0.2) is 0 Å². The average Bonchev–Trinajstić information content (AvgIpc) is 2.34. The van der Waals surface area contributed by atoms with Crippen LogP contribution < -0.4 is 11.1 Å². The lowest BCUT2D eigenvalue weighted by atomic mass is 10.0. The summed E-state index contributed by atoms with van der Waals surface area (Å²) in [6.07, 6.45) is 0. The Kier molecular flexibility index (Phi) is 11.6. The molecule has 0 saturated heterocycles. The molecule has 1 rings (SSSR count). The highest BCUT2D eigenvalue weighted by Crippen LogP contribution is 2.07. The van der Waals surface area contributed by atoms with Crippen molar-refractivity contribution < 1.29 is 4.79 Å². The van der Waals surface area contributed by atoms with E-state index in [0.717, 1.165) is 12.1 Å². The number of nitrogens with two attached hydrogens (primary N) is 1. The summed E-state index contributed by atoms with van der Waals surface area (Å²) in [7, 11) is 4.08. The minimum absolute atomic E-state index is 0. The first-order valence-corrected chi connectivity index (χ1v) is 6.66. The van der Waals surface area contributed by atoms with Gasteiger partial charge in [-0.25, -0.2) is 0 Å². The molecule has 1 amide bonds. The van der Waals surface area contributed by atoms with E-state index in [1.165, 1.54) is 5.56 Å². The molecular formula is C15H27Cl2N3O. The van der Waals surface area contributed by atoms with E-state index >= 15 is 0 Å². The molecule has 21 heavy (non-hydrogen) atoms. The molecule has 0 bridgehead atoms. The summed E-state index contributed by atoms with van der Waals surface area (Å²) >= 11 is 0. The van der Waals surface area contributed by atoms with Crippen LogP contribution in [0.4, 0.5) is 0 Å². The van der Waals surface area contributed by atoms with Crippen LogP contribution >= 0.6 is 24.8 Å². The molecule has 0 aliphatic rings. The molecule has 0 saturated carbocycles. The number of amides is 1. The molecule has 0 spiro atoms. The predicted octanol–water partition coefficient (Wildman–Crippen LogP) is 2.19. The first-order valence-electron chi connectivity index (χ1n) is 6.66. The summed E-state index contributed by atoms with van der Waals surface area (Å²) in [5.41, 5.74) is 8.08. The van der Waals surface area contributed by atoms with Crippen molar-refractivity contribution in [2.24, 2.45) is 11.7 Å². The third kappa shape index (κ3) is 8.27. The van der Waals surface area contributed by atoms with Crippen molar-refractivity contribution in [1.82, 2.24) is 10.2 Å². The summed E-state index contributed by atoms with van der Waals surface area (Å²) in [5.74, 6) is -0.155. The maximum absolute atomic E-state index is 11.8. The first kappa shape index (κ1) is 22.5. The van der Waals surface area contributed by atoms with Crippen LogP contribution in [0.5, 0.6) is 0 Å². The Hall–Kier alpha value is -0.810. The van der Waals surface area contributed by atoms with Gasteiger partial charge in [-0.05, 0) is 32.1 Å². The number of hydrogen-bond donors (Lipinski definition) is 2. The van der Waals surface area contributed by atoms with Gasteiger partial charge >= 0.3 is 0 Å². The molecule has 0 fully saturated rings. The van der Waals surface area contributed by atoms with Crippen LogP contribution in [-0.2, 0) is 17.9 Å². The maximum atomic E-state index is 11.8. The quantitative estimate of drug-likeness (QED) is 0.837. The minimum atomic E-state index is -0.162.